The quantitative estimate of drug-likeness (QED) is 0.697. The summed E-state index contributed by atoms with van der Waals surface area (Å²) >= 11 is 0. The second-order valence-corrected chi connectivity index (χ2v) is 6.29. The van der Waals surface area contributed by atoms with Crippen LogP contribution in [0.2, 0.25) is 0 Å². The lowest BCUT2D eigenvalue weighted by molar-refractivity contribution is -0.137. The SMILES string of the molecule is O=C1NCc2c1ccnc2-c1cc(Cc2cc(F)cc(C(F)(F)F)c2)ncn1. The molecule has 1 N–H and O–H groups in total. The average molecular weight is 388 g/mol. The van der Waals surface area contributed by atoms with Crippen molar-refractivity contribution in [1.82, 2.24) is 20.3 Å². The van der Waals surface area contributed by atoms with E-state index < -0.39 is 17.6 Å². The Hall–Kier alpha value is -3.36. The number of carbonyl (C=O) groups excluding carboxylic acids is 1. The van der Waals surface area contributed by atoms with Crippen LogP contribution in [0.15, 0.2) is 42.9 Å². The van der Waals surface area contributed by atoms with E-state index in [2.05, 4.69) is 20.3 Å². The fourth-order valence-corrected chi connectivity index (χ4v) is 3.12. The zero-order valence-electron chi connectivity index (χ0n) is 14.2. The molecule has 0 fully saturated rings. The molecule has 0 aliphatic carbocycles. The minimum Gasteiger partial charge on any atom is -0.348 e. The summed E-state index contributed by atoms with van der Waals surface area (Å²) in [6.07, 6.45) is -1.90. The predicted octanol–water partition coefficient (Wildman–Crippen LogP) is 3.53. The van der Waals surface area contributed by atoms with E-state index in [0.29, 0.717) is 40.8 Å². The Kier molecular flexibility index (Phi) is 4.29. The number of aromatic nitrogens is 3. The molecule has 1 aliphatic heterocycles. The number of nitrogens with one attached hydrogen (secondary N) is 1. The molecule has 0 saturated heterocycles. The molecule has 1 aliphatic rings. The van der Waals surface area contributed by atoms with Crippen molar-refractivity contribution in [2.75, 3.05) is 0 Å². The van der Waals surface area contributed by atoms with Crippen molar-refractivity contribution in [2.45, 2.75) is 19.1 Å². The van der Waals surface area contributed by atoms with E-state index in [1.165, 1.54) is 12.5 Å². The number of halogens is 4. The fraction of sp³-hybridized carbons (Fsp3) is 0.158. The molecule has 0 spiro atoms. The van der Waals surface area contributed by atoms with Crippen LogP contribution in [0.5, 0.6) is 0 Å². The maximum absolute atomic E-state index is 13.6. The first-order valence-electron chi connectivity index (χ1n) is 8.25. The van der Waals surface area contributed by atoms with Crippen LogP contribution in [0.25, 0.3) is 11.4 Å². The lowest BCUT2D eigenvalue weighted by Crippen LogP contribution is -2.12. The molecule has 1 amide bonds. The number of carbonyl (C=O) groups is 1. The van der Waals surface area contributed by atoms with Crippen LogP contribution in [0.1, 0.15) is 32.7 Å². The molecule has 4 rings (SSSR count). The number of rotatable bonds is 3. The normalized spacial score (nSPS) is 13.4. The minimum absolute atomic E-state index is 0.0113. The molecule has 2 aromatic heterocycles. The molecule has 28 heavy (non-hydrogen) atoms. The van der Waals surface area contributed by atoms with E-state index in [9.17, 15) is 22.4 Å². The van der Waals surface area contributed by atoms with E-state index >= 15 is 0 Å². The molecule has 3 aromatic rings. The Morgan fingerprint density at radius 2 is 1.89 bits per heavy atom. The van der Waals surface area contributed by atoms with E-state index in [1.54, 1.807) is 12.1 Å². The molecule has 142 valence electrons. The van der Waals surface area contributed by atoms with Gasteiger partial charge < -0.3 is 5.32 Å². The standard InChI is InChI=1S/C19H12F4N4O/c20-12-4-10(3-11(6-12)19(21,22)23)5-13-7-16(27-9-26-13)17-15-8-25-18(28)14(15)1-2-24-17/h1-4,6-7,9H,5,8H2,(H,25,28). The third-order valence-electron chi connectivity index (χ3n) is 4.36. The van der Waals surface area contributed by atoms with Crippen molar-refractivity contribution in [3.63, 3.8) is 0 Å². The van der Waals surface area contributed by atoms with Gasteiger partial charge in [-0.1, -0.05) is 0 Å². The second-order valence-electron chi connectivity index (χ2n) is 6.29. The fourth-order valence-electron chi connectivity index (χ4n) is 3.12. The van der Waals surface area contributed by atoms with Crippen molar-refractivity contribution in [2.24, 2.45) is 0 Å². The minimum atomic E-state index is -4.64. The second kappa shape index (κ2) is 6.66. The summed E-state index contributed by atoms with van der Waals surface area (Å²) < 4.78 is 52.3. The molecular formula is C19H12F4N4O. The predicted molar refractivity (Wildman–Crippen MR) is 90.6 cm³/mol. The average Bonchev–Trinajstić information content (AvgIpc) is 3.02. The Labute approximate surface area is 156 Å². The van der Waals surface area contributed by atoms with Gasteiger partial charge in [0.1, 0.15) is 12.1 Å². The molecule has 3 heterocycles. The van der Waals surface area contributed by atoms with Crippen LogP contribution in [-0.2, 0) is 19.1 Å². The molecule has 0 atom stereocenters. The summed E-state index contributed by atoms with van der Waals surface area (Å²) in [5, 5.41) is 2.71. The summed E-state index contributed by atoms with van der Waals surface area (Å²) in [6.45, 7) is 0.315. The molecular weight excluding hydrogens is 376 g/mol. The first-order valence-corrected chi connectivity index (χ1v) is 8.25. The van der Waals surface area contributed by atoms with E-state index in [0.717, 1.165) is 12.1 Å². The van der Waals surface area contributed by atoms with Crippen LogP contribution in [0, 0.1) is 5.82 Å². The smallest absolute Gasteiger partial charge is 0.348 e. The third-order valence-corrected chi connectivity index (χ3v) is 4.36. The van der Waals surface area contributed by atoms with Gasteiger partial charge >= 0.3 is 6.18 Å². The zero-order chi connectivity index (χ0) is 19.9. The van der Waals surface area contributed by atoms with Gasteiger partial charge in [0.15, 0.2) is 0 Å². The first kappa shape index (κ1) is 18.0. The van der Waals surface area contributed by atoms with Crippen molar-refractivity contribution in [3.05, 3.63) is 76.6 Å². The maximum Gasteiger partial charge on any atom is 0.416 e. The number of fused-ring (bicyclic) bond motifs is 1. The molecule has 0 saturated carbocycles. The third kappa shape index (κ3) is 3.42. The summed E-state index contributed by atoms with van der Waals surface area (Å²) in [6, 6.07) is 5.57. The van der Waals surface area contributed by atoms with Crippen molar-refractivity contribution in [3.8, 4) is 11.4 Å². The molecule has 0 unspecified atom stereocenters. The number of hydrogen-bond acceptors (Lipinski definition) is 4. The number of alkyl halides is 3. The van der Waals surface area contributed by atoms with Gasteiger partial charge in [0.05, 0.1) is 17.0 Å². The molecule has 1 aromatic carbocycles. The van der Waals surface area contributed by atoms with Crippen molar-refractivity contribution in [1.29, 1.82) is 0 Å². The largest absolute Gasteiger partial charge is 0.416 e. The van der Waals surface area contributed by atoms with Crippen LogP contribution in [0.4, 0.5) is 17.6 Å². The van der Waals surface area contributed by atoms with Gasteiger partial charge in [0, 0.05) is 36.0 Å². The van der Waals surface area contributed by atoms with Gasteiger partial charge in [-0.2, -0.15) is 13.2 Å². The van der Waals surface area contributed by atoms with Gasteiger partial charge in [0.25, 0.3) is 5.91 Å². The number of pyridine rings is 1. The number of nitrogens with zero attached hydrogens (tertiary/aromatic N) is 3. The summed E-state index contributed by atoms with van der Waals surface area (Å²) in [5.41, 5.74) is 1.62. The summed E-state index contributed by atoms with van der Waals surface area (Å²) in [4.78, 5) is 24.3. The Morgan fingerprint density at radius 1 is 1.07 bits per heavy atom. The topological polar surface area (TPSA) is 67.8 Å². The van der Waals surface area contributed by atoms with Crippen molar-refractivity contribution >= 4 is 5.91 Å². The van der Waals surface area contributed by atoms with Gasteiger partial charge in [-0.3, -0.25) is 9.78 Å². The first-order chi connectivity index (χ1) is 13.3. The Balaban J connectivity index is 1.68. The lowest BCUT2D eigenvalue weighted by Gasteiger charge is -2.10. The van der Waals surface area contributed by atoms with Gasteiger partial charge in [-0.05, 0) is 35.9 Å². The van der Waals surface area contributed by atoms with E-state index in [1.807, 2.05) is 0 Å². The summed E-state index contributed by atoms with van der Waals surface area (Å²) in [7, 11) is 0. The highest BCUT2D eigenvalue weighted by Gasteiger charge is 2.31. The van der Waals surface area contributed by atoms with Gasteiger partial charge in [-0.15, -0.1) is 0 Å². The summed E-state index contributed by atoms with van der Waals surface area (Å²) in [5.74, 6) is -1.17. The van der Waals surface area contributed by atoms with Gasteiger partial charge in [-0.25, -0.2) is 14.4 Å². The Bertz CT molecular complexity index is 1080. The number of hydrogen-bond donors (Lipinski definition) is 1. The molecule has 0 bridgehead atoms. The van der Waals surface area contributed by atoms with Crippen LogP contribution in [-0.4, -0.2) is 20.9 Å². The monoisotopic (exact) mass is 388 g/mol. The van der Waals surface area contributed by atoms with Crippen LogP contribution >= 0.6 is 0 Å². The molecule has 0 radical (unpaired) electrons. The maximum atomic E-state index is 13.6. The highest BCUT2D eigenvalue weighted by molar-refractivity contribution is 5.99. The molecule has 9 heteroatoms. The lowest BCUT2D eigenvalue weighted by atomic mass is 10.0. The van der Waals surface area contributed by atoms with Gasteiger partial charge in [0.2, 0.25) is 0 Å². The highest BCUT2D eigenvalue weighted by atomic mass is 19.4. The van der Waals surface area contributed by atoms with Crippen LogP contribution in [0.3, 0.4) is 0 Å². The van der Waals surface area contributed by atoms with E-state index in [-0.39, 0.29) is 17.9 Å². The number of benzene rings is 1. The highest BCUT2D eigenvalue weighted by Crippen LogP contribution is 2.31. The Morgan fingerprint density at radius 3 is 2.68 bits per heavy atom. The van der Waals surface area contributed by atoms with E-state index in [4.69, 9.17) is 0 Å². The van der Waals surface area contributed by atoms with Crippen LogP contribution < -0.4 is 5.32 Å². The number of amides is 1. The zero-order valence-corrected chi connectivity index (χ0v) is 14.2. The van der Waals surface area contributed by atoms with Crippen molar-refractivity contribution < 1.29 is 22.4 Å². The molecule has 5 nitrogen and oxygen atoms in total.